The minimum Gasteiger partial charge on any atom is -0.497 e. The Hall–Kier alpha value is -2.91. The summed E-state index contributed by atoms with van der Waals surface area (Å²) < 4.78 is 33.7. The number of fused-ring (bicyclic) bond motifs is 1. The highest BCUT2D eigenvalue weighted by atomic mass is 32.2. The Morgan fingerprint density at radius 1 is 1.27 bits per heavy atom. The Bertz CT molecular complexity index is 1080. The molecular weight excluding hydrogens is 408 g/mol. The number of carbonyl (C=O) groups excluding carboxylic acids is 1. The van der Waals surface area contributed by atoms with Crippen LogP contribution in [0.25, 0.3) is 0 Å². The van der Waals surface area contributed by atoms with Gasteiger partial charge in [0.2, 0.25) is 15.9 Å². The van der Waals surface area contributed by atoms with Gasteiger partial charge in [-0.2, -0.15) is 0 Å². The number of benzene rings is 2. The van der Waals surface area contributed by atoms with E-state index in [2.05, 4.69) is 4.72 Å². The van der Waals surface area contributed by atoms with Gasteiger partial charge in [0.1, 0.15) is 5.75 Å². The molecule has 9 heteroatoms. The standard InChI is InChI=1S/C21H24N2O6S/c1-13-9-16-11-18(7-8-20(16)23(13)14(2)24)30(27,28)22-19(12-21(25)26)15-5-4-6-17(10-15)29-3/h4-8,10-11,13,19,22H,9,12H2,1-3H3,(H,25,26)/t13-,19+/m1/s1. The smallest absolute Gasteiger partial charge is 0.305 e. The van der Waals surface area contributed by atoms with Crippen molar-refractivity contribution in [3.05, 3.63) is 53.6 Å². The molecule has 0 radical (unpaired) electrons. The minimum atomic E-state index is -4.01. The van der Waals surface area contributed by atoms with E-state index in [9.17, 15) is 23.1 Å². The van der Waals surface area contributed by atoms with Gasteiger partial charge < -0.3 is 14.7 Å². The Kier molecular flexibility index (Phi) is 6.14. The molecule has 1 heterocycles. The molecule has 0 saturated carbocycles. The van der Waals surface area contributed by atoms with Gasteiger partial charge in [0, 0.05) is 18.7 Å². The zero-order chi connectivity index (χ0) is 22.1. The van der Waals surface area contributed by atoms with Crippen LogP contribution in [-0.2, 0) is 26.0 Å². The number of hydrogen-bond donors (Lipinski definition) is 2. The number of nitrogens with one attached hydrogen (secondary N) is 1. The molecule has 0 aliphatic carbocycles. The second-order valence-corrected chi connectivity index (χ2v) is 9.00. The van der Waals surface area contributed by atoms with Gasteiger partial charge in [0.15, 0.2) is 0 Å². The van der Waals surface area contributed by atoms with Crippen molar-refractivity contribution in [2.45, 2.75) is 43.7 Å². The average molecular weight is 432 g/mol. The Morgan fingerprint density at radius 2 is 2.00 bits per heavy atom. The lowest BCUT2D eigenvalue weighted by Crippen LogP contribution is -2.33. The number of carboxylic acids is 1. The van der Waals surface area contributed by atoms with Crippen molar-refractivity contribution in [2.24, 2.45) is 0 Å². The lowest BCUT2D eigenvalue weighted by molar-refractivity contribution is -0.137. The van der Waals surface area contributed by atoms with E-state index in [1.54, 1.807) is 41.3 Å². The summed E-state index contributed by atoms with van der Waals surface area (Å²) in [5.74, 6) is -0.738. The molecule has 1 amide bonds. The normalized spacial score (nSPS) is 16.8. The first-order chi connectivity index (χ1) is 14.1. The van der Waals surface area contributed by atoms with Gasteiger partial charge in [-0.3, -0.25) is 9.59 Å². The lowest BCUT2D eigenvalue weighted by atomic mass is 10.0. The quantitative estimate of drug-likeness (QED) is 0.695. The molecule has 0 aromatic heterocycles. The summed E-state index contributed by atoms with van der Waals surface area (Å²) in [7, 11) is -2.53. The van der Waals surface area contributed by atoms with Gasteiger partial charge in [0.05, 0.1) is 24.5 Å². The number of methoxy groups -OCH3 is 1. The summed E-state index contributed by atoms with van der Waals surface area (Å²) in [6.07, 6.45) is 0.124. The zero-order valence-corrected chi connectivity index (χ0v) is 17.8. The fourth-order valence-electron chi connectivity index (χ4n) is 3.77. The van der Waals surface area contributed by atoms with E-state index in [0.717, 1.165) is 5.56 Å². The van der Waals surface area contributed by atoms with E-state index < -0.39 is 28.5 Å². The molecule has 2 N–H and O–H groups in total. The lowest BCUT2D eigenvalue weighted by Gasteiger charge is -2.21. The van der Waals surface area contributed by atoms with Gasteiger partial charge in [-0.15, -0.1) is 0 Å². The second-order valence-electron chi connectivity index (χ2n) is 7.28. The molecule has 0 unspecified atom stereocenters. The van der Waals surface area contributed by atoms with Crippen LogP contribution >= 0.6 is 0 Å². The van der Waals surface area contributed by atoms with E-state index in [1.165, 1.54) is 20.1 Å². The third-order valence-corrected chi connectivity index (χ3v) is 6.56. The maximum Gasteiger partial charge on any atom is 0.305 e. The maximum absolute atomic E-state index is 13.0. The maximum atomic E-state index is 13.0. The summed E-state index contributed by atoms with van der Waals surface area (Å²) in [5.41, 5.74) is 1.94. The molecule has 0 saturated heterocycles. The van der Waals surface area contributed by atoms with E-state index >= 15 is 0 Å². The van der Waals surface area contributed by atoms with Crippen molar-refractivity contribution in [1.29, 1.82) is 0 Å². The van der Waals surface area contributed by atoms with Crippen LogP contribution in [0, 0.1) is 0 Å². The first-order valence-electron chi connectivity index (χ1n) is 9.43. The van der Waals surface area contributed by atoms with Crippen LogP contribution < -0.4 is 14.4 Å². The van der Waals surface area contributed by atoms with Crippen LogP contribution in [0.15, 0.2) is 47.4 Å². The van der Waals surface area contributed by atoms with Gasteiger partial charge in [0.25, 0.3) is 0 Å². The minimum absolute atomic E-state index is 0.0251. The number of nitrogens with zero attached hydrogens (tertiary/aromatic N) is 1. The van der Waals surface area contributed by atoms with Crippen LogP contribution in [0.5, 0.6) is 5.75 Å². The van der Waals surface area contributed by atoms with Crippen molar-refractivity contribution < 1.29 is 27.9 Å². The first kappa shape index (κ1) is 21.8. The Balaban J connectivity index is 1.93. The van der Waals surface area contributed by atoms with Crippen LogP contribution in [0.2, 0.25) is 0 Å². The highest BCUT2D eigenvalue weighted by Crippen LogP contribution is 2.34. The highest BCUT2D eigenvalue weighted by molar-refractivity contribution is 7.89. The van der Waals surface area contributed by atoms with Crippen molar-refractivity contribution in [3.8, 4) is 5.75 Å². The van der Waals surface area contributed by atoms with Gasteiger partial charge in [-0.1, -0.05) is 12.1 Å². The number of rotatable bonds is 7. The van der Waals surface area contributed by atoms with E-state index in [0.29, 0.717) is 23.4 Å². The molecule has 2 aromatic rings. The molecule has 0 spiro atoms. The molecule has 8 nitrogen and oxygen atoms in total. The number of carboxylic acid groups (broad SMARTS) is 1. The molecule has 2 aromatic carbocycles. The number of hydrogen-bond acceptors (Lipinski definition) is 5. The largest absolute Gasteiger partial charge is 0.497 e. The van der Waals surface area contributed by atoms with Gasteiger partial charge in [-0.25, -0.2) is 13.1 Å². The van der Waals surface area contributed by atoms with E-state index in [-0.39, 0.29) is 16.8 Å². The summed E-state index contributed by atoms with van der Waals surface area (Å²) in [5, 5.41) is 9.27. The third kappa shape index (κ3) is 4.47. The van der Waals surface area contributed by atoms with Crippen LogP contribution in [0.4, 0.5) is 5.69 Å². The fourth-order valence-corrected chi connectivity index (χ4v) is 5.04. The molecule has 1 aliphatic rings. The van der Waals surface area contributed by atoms with Crippen LogP contribution in [-0.4, -0.2) is 38.6 Å². The van der Waals surface area contributed by atoms with Crippen LogP contribution in [0.1, 0.15) is 37.4 Å². The van der Waals surface area contributed by atoms with E-state index in [4.69, 9.17) is 4.74 Å². The fraction of sp³-hybridized carbons (Fsp3) is 0.333. The van der Waals surface area contributed by atoms with Gasteiger partial charge >= 0.3 is 5.97 Å². The number of amides is 1. The molecule has 1 aliphatic heterocycles. The SMILES string of the molecule is COc1cccc([C@H](CC(=O)O)NS(=O)(=O)c2ccc3c(c2)C[C@@H](C)N3C(C)=O)c1. The number of sulfonamides is 1. The molecule has 30 heavy (non-hydrogen) atoms. The molecule has 3 rings (SSSR count). The van der Waals surface area contributed by atoms with Crippen molar-refractivity contribution in [2.75, 3.05) is 12.0 Å². The topological polar surface area (TPSA) is 113 Å². The molecule has 160 valence electrons. The highest BCUT2D eigenvalue weighted by Gasteiger charge is 2.31. The van der Waals surface area contributed by atoms with Crippen molar-refractivity contribution in [3.63, 3.8) is 0 Å². The predicted octanol–water partition coefficient (Wildman–Crippen LogP) is 2.49. The second kappa shape index (κ2) is 8.45. The number of aliphatic carboxylic acids is 1. The monoisotopic (exact) mass is 432 g/mol. The summed E-state index contributed by atoms with van der Waals surface area (Å²) >= 11 is 0. The first-order valence-corrected chi connectivity index (χ1v) is 10.9. The molecule has 0 fully saturated rings. The number of carbonyl (C=O) groups is 2. The zero-order valence-electron chi connectivity index (χ0n) is 17.0. The summed E-state index contributed by atoms with van der Waals surface area (Å²) in [6, 6.07) is 10.2. The summed E-state index contributed by atoms with van der Waals surface area (Å²) in [4.78, 5) is 24.9. The molecular formula is C21H24N2O6S. The average Bonchev–Trinajstić information content (AvgIpc) is 3.02. The van der Waals surface area contributed by atoms with Crippen molar-refractivity contribution in [1.82, 2.24) is 4.72 Å². The molecule has 2 atom stereocenters. The van der Waals surface area contributed by atoms with Crippen molar-refractivity contribution >= 4 is 27.6 Å². The van der Waals surface area contributed by atoms with E-state index in [1.807, 2.05) is 6.92 Å². The Labute approximate surface area is 175 Å². The number of anilines is 1. The predicted molar refractivity (Wildman–Crippen MR) is 111 cm³/mol. The van der Waals surface area contributed by atoms with Gasteiger partial charge in [-0.05, 0) is 54.8 Å². The summed E-state index contributed by atoms with van der Waals surface area (Å²) in [6.45, 7) is 3.38. The van der Waals surface area contributed by atoms with Crippen LogP contribution in [0.3, 0.4) is 0 Å². The molecule has 0 bridgehead atoms. The Morgan fingerprint density at radius 3 is 2.63 bits per heavy atom. The third-order valence-electron chi connectivity index (χ3n) is 5.09. The number of ether oxygens (including phenoxy) is 1.